The molecule has 0 fully saturated rings. The van der Waals surface area contributed by atoms with E-state index in [2.05, 4.69) is 30.4 Å². The molecule has 0 radical (unpaired) electrons. The van der Waals surface area contributed by atoms with Crippen molar-refractivity contribution in [3.63, 3.8) is 0 Å². The minimum Gasteiger partial charge on any atom is -0.481 e. The number of hydrogen-bond donors (Lipinski definition) is 1. The van der Waals surface area contributed by atoms with Crippen molar-refractivity contribution in [2.45, 2.75) is 71.1 Å². The zero-order chi connectivity index (χ0) is 14.9. The lowest BCUT2D eigenvalue weighted by molar-refractivity contribution is -0.137. The summed E-state index contributed by atoms with van der Waals surface area (Å²) in [5.41, 5.74) is 0. The predicted octanol–water partition coefficient (Wildman–Crippen LogP) is 5.46. The summed E-state index contributed by atoms with van der Waals surface area (Å²) in [5.74, 6) is 4.59. The first-order chi connectivity index (χ1) is 9.77. The summed E-state index contributed by atoms with van der Waals surface area (Å²) in [7, 11) is 0. The topological polar surface area (TPSA) is 37.3 Å². The first kappa shape index (κ1) is 20.2. The van der Waals surface area contributed by atoms with E-state index in [9.17, 15) is 4.79 Å². The lowest BCUT2D eigenvalue weighted by Crippen LogP contribution is -1.93. The maximum Gasteiger partial charge on any atom is 0.303 e. The molecule has 0 amide bonds. The lowest BCUT2D eigenvalue weighted by Gasteiger charge is -2.03. The highest BCUT2D eigenvalue weighted by molar-refractivity contribution is 8.02. The third kappa shape index (κ3) is 18.2. The molecule has 0 aromatic carbocycles. The van der Waals surface area contributed by atoms with Crippen molar-refractivity contribution < 1.29 is 9.90 Å². The zero-order valence-corrected chi connectivity index (χ0v) is 14.7. The Balaban J connectivity index is 2.94. The molecule has 0 aliphatic heterocycles. The Morgan fingerprint density at radius 1 is 0.750 bits per heavy atom. The smallest absolute Gasteiger partial charge is 0.303 e. The standard InChI is InChI=1S/C16H32O2S2/c1-2-3-9-12-19-14-15-20-13-10-7-5-4-6-8-11-16(17)18/h2-15H2,1H3,(H,17,18). The third-order valence-corrected chi connectivity index (χ3v) is 5.59. The zero-order valence-electron chi connectivity index (χ0n) is 13.1. The van der Waals surface area contributed by atoms with E-state index in [0.717, 1.165) is 12.8 Å². The van der Waals surface area contributed by atoms with E-state index in [0.29, 0.717) is 6.42 Å². The fourth-order valence-electron chi connectivity index (χ4n) is 1.96. The highest BCUT2D eigenvalue weighted by atomic mass is 32.2. The van der Waals surface area contributed by atoms with Gasteiger partial charge in [0.2, 0.25) is 0 Å². The number of aliphatic carboxylic acids is 1. The molecule has 120 valence electrons. The second-order valence-electron chi connectivity index (χ2n) is 5.20. The van der Waals surface area contributed by atoms with Crippen LogP contribution in [0.2, 0.25) is 0 Å². The summed E-state index contributed by atoms with van der Waals surface area (Å²) in [6, 6.07) is 0. The number of carbonyl (C=O) groups is 1. The van der Waals surface area contributed by atoms with Crippen LogP contribution in [0.3, 0.4) is 0 Å². The average Bonchev–Trinajstić information content (AvgIpc) is 2.43. The van der Waals surface area contributed by atoms with Crippen molar-refractivity contribution in [1.82, 2.24) is 0 Å². The monoisotopic (exact) mass is 320 g/mol. The molecule has 0 rings (SSSR count). The van der Waals surface area contributed by atoms with Gasteiger partial charge in [0.1, 0.15) is 0 Å². The van der Waals surface area contributed by atoms with Crippen molar-refractivity contribution in [3.8, 4) is 0 Å². The van der Waals surface area contributed by atoms with Crippen LogP contribution in [0.1, 0.15) is 71.1 Å². The van der Waals surface area contributed by atoms with Crippen LogP contribution in [0, 0.1) is 0 Å². The molecule has 4 heteroatoms. The molecule has 0 saturated heterocycles. The van der Waals surface area contributed by atoms with Gasteiger partial charge in [0.05, 0.1) is 0 Å². The summed E-state index contributed by atoms with van der Waals surface area (Å²) < 4.78 is 0. The minimum absolute atomic E-state index is 0.339. The van der Waals surface area contributed by atoms with E-state index in [1.165, 1.54) is 68.0 Å². The van der Waals surface area contributed by atoms with Gasteiger partial charge in [0.25, 0.3) is 0 Å². The van der Waals surface area contributed by atoms with Gasteiger partial charge in [-0.3, -0.25) is 4.79 Å². The van der Waals surface area contributed by atoms with Crippen molar-refractivity contribution >= 4 is 29.5 Å². The Kier molecular flexibility index (Phi) is 17.4. The van der Waals surface area contributed by atoms with E-state index in [1.807, 2.05) is 0 Å². The quantitative estimate of drug-likeness (QED) is 0.383. The summed E-state index contributed by atoms with van der Waals surface area (Å²) in [6.07, 6.45) is 11.5. The van der Waals surface area contributed by atoms with E-state index < -0.39 is 5.97 Å². The van der Waals surface area contributed by atoms with Crippen molar-refractivity contribution in [2.24, 2.45) is 0 Å². The molecule has 0 aliphatic carbocycles. The highest BCUT2D eigenvalue weighted by Gasteiger charge is 1.97. The minimum atomic E-state index is -0.658. The molecule has 0 atom stereocenters. The van der Waals surface area contributed by atoms with Crippen LogP contribution < -0.4 is 0 Å². The van der Waals surface area contributed by atoms with Crippen LogP contribution >= 0.6 is 23.5 Å². The van der Waals surface area contributed by atoms with Gasteiger partial charge in [-0.2, -0.15) is 23.5 Å². The molecule has 0 heterocycles. The molecule has 0 saturated carbocycles. The van der Waals surface area contributed by atoms with Gasteiger partial charge in [-0.05, 0) is 30.8 Å². The van der Waals surface area contributed by atoms with E-state index in [1.54, 1.807) is 0 Å². The highest BCUT2D eigenvalue weighted by Crippen LogP contribution is 2.13. The molecule has 0 aromatic heterocycles. The van der Waals surface area contributed by atoms with Crippen LogP contribution in [-0.2, 0) is 4.79 Å². The molecule has 20 heavy (non-hydrogen) atoms. The average molecular weight is 321 g/mol. The third-order valence-electron chi connectivity index (χ3n) is 3.19. The molecule has 2 nitrogen and oxygen atoms in total. The molecule has 0 spiro atoms. The summed E-state index contributed by atoms with van der Waals surface area (Å²) >= 11 is 4.19. The fraction of sp³-hybridized carbons (Fsp3) is 0.938. The number of unbranched alkanes of at least 4 members (excludes halogenated alkanes) is 7. The number of rotatable bonds is 16. The molecule has 0 unspecified atom stereocenters. The predicted molar refractivity (Wildman–Crippen MR) is 94.1 cm³/mol. The summed E-state index contributed by atoms with van der Waals surface area (Å²) in [5, 5.41) is 8.51. The molecule has 0 aliphatic rings. The lowest BCUT2D eigenvalue weighted by atomic mass is 10.1. The van der Waals surface area contributed by atoms with Crippen LogP contribution in [0.5, 0.6) is 0 Å². The van der Waals surface area contributed by atoms with Gasteiger partial charge in [0, 0.05) is 17.9 Å². The van der Waals surface area contributed by atoms with Crippen molar-refractivity contribution in [1.29, 1.82) is 0 Å². The van der Waals surface area contributed by atoms with Crippen molar-refractivity contribution in [3.05, 3.63) is 0 Å². The largest absolute Gasteiger partial charge is 0.481 e. The van der Waals surface area contributed by atoms with Gasteiger partial charge in [0.15, 0.2) is 0 Å². The molecule has 0 aromatic rings. The first-order valence-electron chi connectivity index (χ1n) is 8.14. The number of carboxylic acids is 1. The van der Waals surface area contributed by atoms with Crippen LogP contribution in [0.4, 0.5) is 0 Å². The Bertz CT molecular complexity index is 211. The van der Waals surface area contributed by atoms with Crippen LogP contribution in [-0.4, -0.2) is 34.1 Å². The van der Waals surface area contributed by atoms with Gasteiger partial charge in [-0.1, -0.05) is 45.4 Å². The van der Waals surface area contributed by atoms with Crippen LogP contribution in [0.25, 0.3) is 0 Å². The SMILES string of the molecule is CCCCCSCCSCCCCCCCCC(=O)O. The fourth-order valence-corrected chi connectivity index (χ4v) is 4.13. The molecular formula is C16H32O2S2. The normalized spacial score (nSPS) is 10.8. The Morgan fingerprint density at radius 2 is 1.25 bits per heavy atom. The van der Waals surface area contributed by atoms with Crippen molar-refractivity contribution in [2.75, 3.05) is 23.0 Å². The molecule has 1 N–H and O–H groups in total. The summed E-state index contributed by atoms with van der Waals surface area (Å²) in [4.78, 5) is 10.3. The van der Waals surface area contributed by atoms with Crippen LogP contribution in [0.15, 0.2) is 0 Å². The Hall–Kier alpha value is 0.170. The second kappa shape index (κ2) is 17.2. The van der Waals surface area contributed by atoms with Gasteiger partial charge >= 0.3 is 5.97 Å². The number of hydrogen-bond acceptors (Lipinski definition) is 3. The Morgan fingerprint density at radius 3 is 1.80 bits per heavy atom. The second-order valence-corrected chi connectivity index (χ2v) is 7.65. The maximum atomic E-state index is 10.3. The van der Waals surface area contributed by atoms with Gasteiger partial charge < -0.3 is 5.11 Å². The first-order valence-corrected chi connectivity index (χ1v) is 10.5. The van der Waals surface area contributed by atoms with E-state index in [4.69, 9.17) is 5.11 Å². The van der Waals surface area contributed by atoms with Gasteiger partial charge in [-0.15, -0.1) is 0 Å². The number of thioether (sulfide) groups is 2. The summed E-state index contributed by atoms with van der Waals surface area (Å²) in [6.45, 7) is 2.26. The van der Waals surface area contributed by atoms with E-state index in [-0.39, 0.29) is 0 Å². The number of carboxylic acid groups (broad SMARTS) is 1. The molecular weight excluding hydrogens is 288 g/mol. The molecule has 0 bridgehead atoms. The van der Waals surface area contributed by atoms with E-state index >= 15 is 0 Å². The maximum absolute atomic E-state index is 10.3. The van der Waals surface area contributed by atoms with Gasteiger partial charge in [-0.25, -0.2) is 0 Å². The Labute approximate surface area is 133 Å².